The fourth-order valence-electron chi connectivity index (χ4n) is 2.34. The first-order chi connectivity index (χ1) is 8.18. The molecule has 1 aliphatic rings. The van der Waals surface area contributed by atoms with Crippen molar-refractivity contribution in [2.45, 2.75) is 18.9 Å². The van der Waals surface area contributed by atoms with Crippen LogP contribution < -0.4 is 5.73 Å². The lowest BCUT2D eigenvalue weighted by Gasteiger charge is -2.47. The van der Waals surface area contributed by atoms with Gasteiger partial charge in [-0.05, 0) is 24.9 Å². The predicted octanol–water partition coefficient (Wildman–Crippen LogP) is 1.40. The minimum atomic E-state index is -0.396. The van der Waals surface area contributed by atoms with Gasteiger partial charge < -0.3 is 5.73 Å². The molecule has 2 rings (SSSR count). The van der Waals surface area contributed by atoms with Gasteiger partial charge in [-0.1, -0.05) is 30.3 Å². The largest absolute Gasteiger partial charge is 0.330 e. The Morgan fingerprint density at radius 3 is 2.59 bits per heavy atom. The van der Waals surface area contributed by atoms with E-state index in [4.69, 9.17) is 5.73 Å². The maximum absolute atomic E-state index is 9.42. The van der Waals surface area contributed by atoms with Crippen molar-refractivity contribution in [2.75, 3.05) is 19.6 Å². The summed E-state index contributed by atoms with van der Waals surface area (Å²) in [4.78, 5) is 2.23. The van der Waals surface area contributed by atoms with Gasteiger partial charge in [0.25, 0.3) is 0 Å². The van der Waals surface area contributed by atoms with E-state index in [0.29, 0.717) is 5.92 Å². The second-order valence-corrected chi connectivity index (χ2v) is 5.05. The monoisotopic (exact) mass is 229 g/mol. The van der Waals surface area contributed by atoms with Gasteiger partial charge >= 0.3 is 0 Å². The highest BCUT2D eigenvalue weighted by Crippen LogP contribution is 2.28. The highest BCUT2D eigenvalue weighted by molar-refractivity contribution is 5.22. The lowest BCUT2D eigenvalue weighted by Crippen LogP contribution is -2.60. The molecule has 1 saturated heterocycles. The van der Waals surface area contributed by atoms with Crippen molar-refractivity contribution in [2.24, 2.45) is 11.7 Å². The Bertz CT molecular complexity index is 403. The number of nitrogens with zero attached hydrogens (tertiary/aromatic N) is 2. The van der Waals surface area contributed by atoms with Crippen LogP contribution in [0.2, 0.25) is 0 Å². The number of hydrogen-bond acceptors (Lipinski definition) is 3. The highest BCUT2D eigenvalue weighted by Gasteiger charge is 2.39. The van der Waals surface area contributed by atoms with Crippen LogP contribution in [0.25, 0.3) is 0 Å². The van der Waals surface area contributed by atoms with E-state index < -0.39 is 5.54 Å². The van der Waals surface area contributed by atoms with Gasteiger partial charge in [0.2, 0.25) is 0 Å². The van der Waals surface area contributed by atoms with Crippen molar-refractivity contribution in [3.8, 4) is 6.07 Å². The molecule has 0 spiro atoms. The van der Waals surface area contributed by atoms with Gasteiger partial charge in [-0.25, -0.2) is 0 Å². The van der Waals surface area contributed by atoms with Gasteiger partial charge in [-0.15, -0.1) is 0 Å². The summed E-state index contributed by atoms with van der Waals surface area (Å²) in [6, 6.07) is 12.7. The Morgan fingerprint density at radius 1 is 1.41 bits per heavy atom. The van der Waals surface area contributed by atoms with E-state index in [1.165, 1.54) is 5.56 Å². The summed E-state index contributed by atoms with van der Waals surface area (Å²) < 4.78 is 0. The van der Waals surface area contributed by atoms with Gasteiger partial charge in [0.15, 0.2) is 0 Å². The van der Waals surface area contributed by atoms with E-state index in [2.05, 4.69) is 23.1 Å². The molecule has 0 aromatic heterocycles. The zero-order valence-electron chi connectivity index (χ0n) is 10.3. The van der Waals surface area contributed by atoms with Crippen LogP contribution in [-0.2, 0) is 6.42 Å². The summed E-state index contributed by atoms with van der Waals surface area (Å²) in [5, 5.41) is 9.42. The Hall–Kier alpha value is -1.37. The van der Waals surface area contributed by atoms with Crippen molar-refractivity contribution in [3.05, 3.63) is 35.9 Å². The number of nitrogens with two attached hydrogens (primary N) is 1. The van der Waals surface area contributed by atoms with Crippen LogP contribution in [0.4, 0.5) is 0 Å². The third-order valence-electron chi connectivity index (χ3n) is 3.62. The second-order valence-electron chi connectivity index (χ2n) is 5.05. The van der Waals surface area contributed by atoms with Crippen LogP contribution in [0.3, 0.4) is 0 Å². The number of rotatable bonds is 4. The normalized spacial score (nSPS) is 20.3. The molecule has 3 nitrogen and oxygen atoms in total. The molecule has 0 aliphatic carbocycles. The molecule has 1 heterocycles. The number of hydrogen-bond donors (Lipinski definition) is 1. The number of likely N-dealkylation sites (tertiary alicyclic amines) is 1. The van der Waals surface area contributed by atoms with Gasteiger partial charge in [0, 0.05) is 19.5 Å². The molecule has 1 fully saturated rings. The summed E-state index contributed by atoms with van der Waals surface area (Å²) in [5.74, 6) is 0.568. The molecule has 1 aromatic carbocycles. The Labute approximate surface area is 103 Å². The van der Waals surface area contributed by atoms with Crippen LogP contribution in [0.5, 0.6) is 0 Å². The summed E-state index contributed by atoms with van der Waals surface area (Å²) in [5.41, 5.74) is 6.44. The summed E-state index contributed by atoms with van der Waals surface area (Å²) in [6.45, 7) is 4.65. The lowest BCUT2D eigenvalue weighted by molar-refractivity contribution is 0.0285. The standard InChI is InChI=1S/C14H19N3/c1-14(11-16,17-9-13(8-15)10-17)7-12-5-3-2-4-6-12/h2-6,13H,7-10,15H2,1H3/t14-/m0/s1. The zero-order valence-corrected chi connectivity index (χ0v) is 10.3. The van der Waals surface area contributed by atoms with Crippen molar-refractivity contribution < 1.29 is 0 Å². The van der Waals surface area contributed by atoms with Crippen LogP contribution in [0, 0.1) is 17.2 Å². The second kappa shape index (κ2) is 4.87. The fraction of sp³-hybridized carbons (Fsp3) is 0.500. The maximum Gasteiger partial charge on any atom is 0.110 e. The van der Waals surface area contributed by atoms with Crippen LogP contribution in [0.15, 0.2) is 30.3 Å². The van der Waals surface area contributed by atoms with E-state index in [1.807, 2.05) is 25.1 Å². The molecule has 1 aliphatic heterocycles. The SMILES string of the molecule is C[C@@](C#N)(Cc1ccccc1)N1CC(CN)C1. The Balaban J connectivity index is 2.04. The molecule has 3 heteroatoms. The Kier molecular flexibility index (Phi) is 3.46. The van der Waals surface area contributed by atoms with Crippen molar-refractivity contribution in [1.29, 1.82) is 5.26 Å². The molecule has 0 saturated carbocycles. The quantitative estimate of drug-likeness (QED) is 0.849. The minimum absolute atomic E-state index is 0.396. The van der Waals surface area contributed by atoms with E-state index in [1.54, 1.807) is 0 Å². The van der Waals surface area contributed by atoms with Gasteiger partial charge in [0.05, 0.1) is 6.07 Å². The summed E-state index contributed by atoms with van der Waals surface area (Å²) in [6.07, 6.45) is 0.779. The minimum Gasteiger partial charge on any atom is -0.330 e. The van der Waals surface area contributed by atoms with Gasteiger partial charge in [0.1, 0.15) is 5.54 Å². The molecule has 0 amide bonds. The first-order valence-electron chi connectivity index (χ1n) is 6.08. The van der Waals surface area contributed by atoms with Crippen molar-refractivity contribution in [3.63, 3.8) is 0 Å². The fourth-order valence-corrected chi connectivity index (χ4v) is 2.34. The van der Waals surface area contributed by atoms with Gasteiger partial charge in [-0.2, -0.15) is 5.26 Å². The molecule has 0 unspecified atom stereocenters. The molecule has 1 atom stereocenters. The first-order valence-corrected chi connectivity index (χ1v) is 6.08. The zero-order chi connectivity index (χ0) is 12.3. The summed E-state index contributed by atoms with van der Waals surface area (Å²) >= 11 is 0. The van der Waals surface area contributed by atoms with E-state index in [0.717, 1.165) is 26.1 Å². The molecular formula is C14H19N3. The Morgan fingerprint density at radius 2 is 2.06 bits per heavy atom. The maximum atomic E-state index is 9.42. The molecule has 17 heavy (non-hydrogen) atoms. The smallest absolute Gasteiger partial charge is 0.110 e. The first kappa shape index (κ1) is 12.1. The van der Waals surface area contributed by atoms with E-state index in [9.17, 15) is 5.26 Å². The molecule has 2 N–H and O–H groups in total. The number of nitriles is 1. The molecule has 0 radical (unpaired) electrons. The molecule has 0 bridgehead atoms. The highest BCUT2D eigenvalue weighted by atomic mass is 15.2. The van der Waals surface area contributed by atoms with E-state index >= 15 is 0 Å². The summed E-state index contributed by atoms with van der Waals surface area (Å²) in [7, 11) is 0. The third-order valence-corrected chi connectivity index (χ3v) is 3.62. The van der Waals surface area contributed by atoms with Gasteiger partial charge in [-0.3, -0.25) is 4.90 Å². The molecular weight excluding hydrogens is 210 g/mol. The van der Waals surface area contributed by atoms with Crippen LogP contribution >= 0.6 is 0 Å². The van der Waals surface area contributed by atoms with E-state index in [-0.39, 0.29) is 0 Å². The topological polar surface area (TPSA) is 53.0 Å². The van der Waals surface area contributed by atoms with Crippen LogP contribution in [0.1, 0.15) is 12.5 Å². The lowest BCUT2D eigenvalue weighted by atomic mass is 9.86. The number of benzene rings is 1. The third kappa shape index (κ3) is 2.49. The molecule has 1 aromatic rings. The van der Waals surface area contributed by atoms with Crippen LogP contribution in [-0.4, -0.2) is 30.1 Å². The molecule has 90 valence electrons. The van der Waals surface area contributed by atoms with Crippen molar-refractivity contribution in [1.82, 2.24) is 4.90 Å². The predicted molar refractivity (Wildman–Crippen MR) is 68.3 cm³/mol. The average Bonchev–Trinajstić information content (AvgIpc) is 2.29. The average molecular weight is 229 g/mol. The van der Waals surface area contributed by atoms with Crippen molar-refractivity contribution >= 4 is 0 Å².